The topological polar surface area (TPSA) is 155 Å². The Morgan fingerprint density at radius 3 is 1.74 bits per heavy atom. The Morgan fingerprint density at radius 1 is 0.735 bits per heavy atom. The average Bonchev–Trinajstić information content (AvgIpc) is 3.36. The van der Waals surface area contributed by atoms with E-state index in [0.29, 0.717) is 37.4 Å². The van der Waals surface area contributed by atoms with Crippen LogP contribution in [0.1, 0.15) is 101 Å². The van der Waals surface area contributed by atoms with Crippen molar-refractivity contribution in [2.75, 3.05) is 79.3 Å². The lowest BCUT2D eigenvalue weighted by Crippen LogP contribution is -2.44. The van der Waals surface area contributed by atoms with Crippen LogP contribution in [0.3, 0.4) is 0 Å². The van der Waals surface area contributed by atoms with Crippen LogP contribution >= 0.6 is 23.2 Å². The number of amides is 2. The third-order valence-electron chi connectivity index (χ3n) is 12.9. The third-order valence-corrected chi connectivity index (χ3v) is 13.5. The van der Waals surface area contributed by atoms with Gasteiger partial charge in [-0.3, -0.25) is 14.6 Å². The molecule has 2 amide bonds. The molecule has 12 nitrogen and oxygen atoms in total. The van der Waals surface area contributed by atoms with E-state index in [2.05, 4.69) is 49.8 Å². The Balaban J connectivity index is 0.000000191. The van der Waals surface area contributed by atoms with Gasteiger partial charge in [0.25, 0.3) is 0 Å². The number of benzene rings is 3. The first-order valence-electron chi connectivity index (χ1n) is 24.2. The number of aromatic nitrogens is 1. The maximum absolute atomic E-state index is 14.3. The van der Waals surface area contributed by atoms with Gasteiger partial charge in [0.15, 0.2) is 0 Å². The van der Waals surface area contributed by atoms with Crippen molar-refractivity contribution >= 4 is 45.9 Å². The van der Waals surface area contributed by atoms with E-state index in [4.69, 9.17) is 37.4 Å². The van der Waals surface area contributed by atoms with Crippen LogP contribution in [0, 0.1) is 29.4 Å². The number of unbranched alkanes of at least 4 members (excludes halogenated alkanes) is 1. The van der Waals surface area contributed by atoms with Gasteiger partial charge < -0.3 is 45.9 Å². The Hall–Kier alpha value is -3.83. The minimum Gasteiger partial charge on any atom is -0.385 e. The van der Waals surface area contributed by atoms with Gasteiger partial charge in [-0.05, 0) is 95.6 Å². The van der Waals surface area contributed by atoms with Crippen LogP contribution < -0.4 is 26.6 Å². The van der Waals surface area contributed by atoms with Gasteiger partial charge in [0.2, 0.25) is 11.8 Å². The predicted octanol–water partition coefficient (Wildman–Crippen LogP) is 8.58. The largest absolute Gasteiger partial charge is 0.385 e. The van der Waals surface area contributed by atoms with E-state index in [1.54, 1.807) is 31.4 Å². The molecule has 68 heavy (non-hydrogen) atoms. The summed E-state index contributed by atoms with van der Waals surface area (Å²) in [5.74, 6) is -0.431. The highest BCUT2D eigenvalue weighted by atomic mass is 35.5. The number of halogens is 4. The zero-order valence-corrected chi connectivity index (χ0v) is 41.4. The summed E-state index contributed by atoms with van der Waals surface area (Å²) in [6.45, 7) is 10.6. The van der Waals surface area contributed by atoms with Gasteiger partial charge in [-0.1, -0.05) is 71.7 Å². The zero-order chi connectivity index (χ0) is 48.7. The standard InChI is InChI=1S/C20H28N2O2.2C16H22ClFN2O2/c1-24-14-3-2-11-20(23,17-9-6-12-21-15-17)18-10-4-7-16-8-5-13-22-19(16)18;2*1-11(21)20-8-9-22-16(12-4-3-7-19-10-12)13-5-2-6-14(17)15(13)18/h4-5,7-8,10,13,17,21,23H,2-3,6,9,11-12,14-15H2,1H3;2*2,5-6,12,16,19H,3-4,7-10H2,1H3,(H,20,21)/t17?,20-;2*12?,16-/m010/s1. The molecule has 6 N–H and O–H groups in total. The second-order valence-electron chi connectivity index (χ2n) is 17.8. The lowest BCUT2D eigenvalue weighted by Gasteiger charge is -2.39. The second-order valence-corrected chi connectivity index (χ2v) is 18.7. The number of hydrogen-bond donors (Lipinski definition) is 6. The molecule has 0 saturated carbocycles. The number of pyridine rings is 1. The van der Waals surface area contributed by atoms with Crippen LogP contribution in [-0.4, -0.2) is 101 Å². The monoisotopic (exact) mass is 984 g/mol. The van der Waals surface area contributed by atoms with Crippen LogP contribution in [0.25, 0.3) is 10.9 Å². The summed E-state index contributed by atoms with van der Waals surface area (Å²) in [6, 6.07) is 20.2. The van der Waals surface area contributed by atoms with Crippen LogP contribution in [-0.2, 0) is 29.4 Å². The summed E-state index contributed by atoms with van der Waals surface area (Å²) in [5, 5.41) is 28.6. The van der Waals surface area contributed by atoms with Gasteiger partial charge in [-0.15, -0.1) is 0 Å². The molecule has 6 atom stereocenters. The minimum absolute atomic E-state index is 0.103. The Labute approximate surface area is 411 Å². The Kier molecular flexibility index (Phi) is 23.8. The molecule has 374 valence electrons. The first kappa shape index (κ1) is 55.1. The summed E-state index contributed by atoms with van der Waals surface area (Å²) in [7, 11) is 1.73. The van der Waals surface area contributed by atoms with Crippen LogP contribution in [0.4, 0.5) is 8.78 Å². The molecular formula is C52H72Cl2F2N6O6. The van der Waals surface area contributed by atoms with Gasteiger partial charge >= 0.3 is 0 Å². The summed E-state index contributed by atoms with van der Waals surface area (Å²) in [5.41, 5.74) is 2.05. The number of carbonyl (C=O) groups is 2. The zero-order valence-electron chi connectivity index (χ0n) is 39.9. The van der Waals surface area contributed by atoms with E-state index in [9.17, 15) is 23.5 Å². The van der Waals surface area contributed by atoms with Crippen molar-refractivity contribution < 1.29 is 37.7 Å². The number of ether oxygens (including phenoxy) is 3. The molecule has 3 fully saturated rings. The molecular weight excluding hydrogens is 914 g/mol. The number of nitrogens with one attached hydrogen (secondary N) is 5. The smallest absolute Gasteiger partial charge is 0.216 e. The summed E-state index contributed by atoms with van der Waals surface area (Å²) < 4.78 is 45.7. The van der Waals surface area contributed by atoms with Crippen LogP contribution in [0.5, 0.6) is 0 Å². The quantitative estimate of drug-likeness (QED) is 0.0504. The highest BCUT2D eigenvalue weighted by Crippen LogP contribution is 2.41. The number of rotatable bonds is 19. The number of aliphatic hydroxyl groups is 1. The van der Waals surface area contributed by atoms with E-state index in [0.717, 1.165) is 120 Å². The molecule has 3 aromatic carbocycles. The van der Waals surface area contributed by atoms with Crippen molar-refractivity contribution in [2.45, 2.75) is 89.4 Å². The lowest BCUT2D eigenvalue weighted by molar-refractivity contribution is -0.120. The Bertz CT molecular complexity index is 2040. The molecule has 0 radical (unpaired) electrons. The van der Waals surface area contributed by atoms with E-state index in [-0.39, 0.29) is 51.8 Å². The lowest BCUT2D eigenvalue weighted by atomic mass is 9.74. The fraction of sp³-hybridized carbons (Fsp3) is 0.558. The molecule has 1 aromatic heterocycles. The first-order chi connectivity index (χ1) is 32.9. The number of para-hydroxylation sites is 1. The number of hydrogen-bond acceptors (Lipinski definition) is 10. The molecule has 4 heterocycles. The normalized spacial score (nSPS) is 20.1. The number of fused-ring (bicyclic) bond motifs is 1. The SMILES string of the molecule is CC(=O)NCCO[C@@H](c1cccc(Cl)c1F)C1CCCNC1.CC(=O)NCCO[C@H](c1cccc(Cl)c1F)C1CCCNC1.COCCCC[C@@](O)(c1cccc2cccnc12)C1CCCNC1. The van der Waals surface area contributed by atoms with Gasteiger partial charge in [0, 0.05) is 106 Å². The van der Waals surface area contributed by atoms with E-state index < -0.39 is 17.2 Å². The van der Waals surface area contributed by atoms with Crippen molar-refractivity contribution in [3.8, 4) is 0 Å². The third kappa shape index (κ3) is 16.7. The molecule has 0 bridgehead atoms. The fourth-order valence-corrected chi connectivity index (χ4v) is 9.82. The van der Waals surface area contributed by atoms with Crippen molar-refractivity contribution in [3.63, 3.8) is 0 Å². The van der Waals surface area contributed by atoms with Gasteiger partial charge in [0.05, 0.1) is 46.6 Å². The minimum atomic E-state index is -0.838. The van der Waals surface area contributed by atoms with Crippen LogP contribution in [0.15, 0.2) is 72.9 Å². The maximum atomic E-state index is 14.3. The number of carbonyl (C=O) groups excluding carboxylic acids is 2. The molecule has 0 spiro atoms. The van der Waals surface area contributed by atoms with E-state index in [1.165, 1.54) is 26.0 Å². The fourth-order valence-electron chi connectivity index (χ4n) is 9.45. The molecule has 3 unspecified atom stereocenters. The van der Waals surface area contributed by atoms with Crippen molar-refractivity contribution in [1.29, 1.82) is 0 Å². The van der Waals surface area contributed by atoms with E-state index >= 15 is 0 Å². The van der Waals surface area contributed by atoms with Crippen molar-refractivity contribution in [2.24, 2.45) is 17.8 Å². The maximum Gasteiger partial charge on any atom is 0.216 e. The Morgan fingerprint density at radius 2 is 1.25 bits per heavy atom. The molecule has 3 aliphatic rings. The average molecular weight is 986 g/mol. The van der Waals surface area contributed by atoms with Crippen molar-refractivity contribution in [1.82, 2.24) is 31.6 Å². The van der Waals surface area contributed by atoms with Gasteiger partial charge in [0.1, 0.15) is 11.6 Å². The number of piperidine rings is 3. The molecule has 0 aliphatic carbocycles. The van der Waals surface area contributed by atoms with Gasteiger partial charge in [-0.2, -0.15) is 0 Å². The number of methoxy groups -OCH3 is 1. The van der Waals surface area contributed by atoms with Crippen molar-refractivity contribution in [3.05, 3.63) is 111 Å². The van der Waals surface area contributed by atoms with Crippen LogP contribution in [0.2, 0.25) is 10.0 Å². The summed E-state index contributed by atoms with van der Waals surface area (Å²) >= 11 is 11.8. The highest BCUT2D eigenvalue weighted by molar-refractivity contribution is 6.31. The number of nitrogens with zero attached hydrogens (tertiary/aromatic N) is 1. The molecule has 16 heteroatoms. The summed E-state index contributed by atoms with van der Waals surface area (Å²) in [4.78, 5) is 26.4. The van der Waals surface area contributed by atoms with Gasteiger partial charge in [-0.25, -0.2) is 8.78 Å². The summed E-state index contributed by atoms with van der Waals surface area (Å²) in [6.07, 6.45) is 9.96. The van der Waals surface area contributed by atoms with E-state index in [1.807, 2.05) is 18.3 Å². The first-order valence-corrected chi connectivity index (χ1v) is 25.0. The molecule has 7 rings (SSSR count). The molecule has 3 aliphatic heterocycles. The predicted molar refractivity (Wildman–Crippen MR) is 266 cm³/mol. The second kappa shape index (κ2) is 29.4. The molecule has 3 saturated heterocycles. The highest BCUT2D eigenvalue weighted by Gasteiger charge is 2.40. The molecule has 4 aromatic rings.